The van der Waals surface area contributed by atoms with Gasteiger partial charge < -0.3 is 5.32 Å². The predicted molar refractivity (Wildman–Crippen MR) is 60.3 cm³/mol. The highest BCUT2D eigenvalue weighted by Crippen LogP contribution is 2.23. The molecule has 0 aliphatic heterocycles. The molecule has 1 heterocycles. The third-order valence-electron chi connectivity index (χ3n) is 2.28. The summed E-state index contributed by atoms with van der Waals surface area (Å²) >= 11 is 1.86. The summed E-state index contributed by atoms with van der Waals surface area (Å²) in [7, 11) is 2.02. The summed E-state index contributed by atoms with van der Waals surface area (Å²) < 4.78 is 0. The first-order valence-corrected chi connectivity index (χ1v) is 5.69. The molecule has 2 heteroatoms. The highest BCUT2D eigenvalue weighted by Gasteiger charge is 2.16. The zero-order chi connectivity index (χ0) is 9.73. The Morgan fingerprint density at radius 2 is 2.23 bits per heavy atom. The first-order valence-electron chi connectivity index (χ1n) is 4.81. The van der Waals surface area contributed by atoms with Crippen LogP contribution in [-0.4, -0.2) is 13.6 Å². The molecule has 0 radical (unpaired) electrons. The molecule has 1 N–H and O–H groups in total. The fourth-order valence-corrected chi connectivity index (χ4v) is 2.19. The van der Waals surface area contributed by atoms with E-state index in [4.69, 9.17) is 0 Å². The van der Waals surface area contributed by atoms with E-state index in [1.807, 2.05) is 18.4 Å². The number of thiophene rings is 1. The summed E-state index contributed by atoms with van der Waals surface area (Å²) in [6, 6.07) is 4.35. The fourth-order valence-electron chi connectivity index (χ4n) is 1.48. The lowest BCUT2D eigenvalue weighted by atomic mass is 9.87. The molecule has 0 aliphatic rings. The van der Waals surface area contributed by atoms with Gasteiger partial charge >= 0.3 is 0 Å². The average Bonchev–Trinajstić information content (AvgIpc) is 2.52. The van der Waals surface area contributed by atoms with Gasteiger partial charge in [-0.3, -0.25) is 0 Å². The van der Waals surface area contributed by atoms with Crippen LogP contribution in [0.5, 0.6) is 0 Å². The van der Waals surface area contributed by atoms with E-state index in [2.05, 4.69) is 36.7 Å². The molecule has 1 rings (SSSR count). The van der Waals surface area contributed by atoms with Crippen molar-refractivity contribution in [3.63, 3.8) is 0 Å². The van der Waals surface area contributed by atoms with Crippen LogP contribution in [0, 0.1) is 5.41 Å². The molecular weight excluding hydrogens is 178 g/mol. The van der Waals surface area contributed by atoms with E-state index in [9.17, 15) is 0 Å². The molecule has 0 saturated carbocycles. The second-order valence-corrected chi connectivity index (χ2v) is 5.31. The second kappa shape index (κ2) is 4.77. The Balaban J connectivity index is 2.33. The van der Waals surface area contributed by atoms with Gasteiger partial charge in [0.15, 0.2) is 0 Å². The highest BCUT2D eigenvalue weighted by molar-refractivity contribution is 7.09. The number of hydrogen-bond donors (Lipinski definition) is 1. The first-order chi connectivity index (χ1) is 6.14. The van der Waals surface area contributed by atoms with Gasteiger partial charge in [-0.15, -0.1) is 11.3 Å². The van der Waals surface area contributed by atoms with Gasteiger partial charge in [0.1, 0.15) is 0 Å². The molecule has 0 unspecified atom stereocenters. The monoisotopic (exact) mass is 197 g/mol. The Labute approximate surface area is 85.2 Å². The largest absolute Gasteiger partial charge is 0.319 e. The van der Waals surface area contributed by atoms with Crippen molar-refractivity contribution >= 4 is 11.3 Å². The molecule has 0 spiro atoms. The fraction of sp³-hybridized carbons (Fsp3) is 0.636. The Hall–Kier alpha value is -0.340. The second-order valence-electron chi connectivity index (χ2n) is 4.27. The average molecular weight is 197 g/mol. The topological polar surface area (TPSA) is 12.0 Å². The van der Waals surface area contributed by atoms with E-state index in [0.717, 1.165) is 6.54 Å². The minimum atomic E-state index is 0.415. The maximum Gasteiger partial charge on any atom is 0.00454 e. The van der Waals surface area contributed by atoms with E-state index in [1.54, 1.807) is 0 Å². The molecule has 0 bridgehead atoms. The van der Waals surface area contributed by atoms with Crippen LogP contribution < -0.4 is 5.32 Å². The molecule has 0 amide bonds. The van der Waals surface area contributed by atoms with Crippen LogP contribution in [0.3, 0.4) is 0 Å². The van der Waals surface area contributed by atoms with E-state index >= 15 is 0 Å². The number of rotatable bonds is 5. The van der Waals surface area contributed by atoms with Crippen molar-refractivity contribution in [2.24, 2.45) is 5.41 Å². The molecule has 0 atom stereocenters. The van der Waals surface area contributed by atoms with Crippen molar-refractivity contribution in [1.29, 1.82) is 0 Å². The van der Waals surface area contributed by atoms with E-state index in [-0.39, 0.29) is 0 Å². The predicted octanol–water partition coefficient (Wildman–Crippen LogP) is 2.93. The highest BCUT2D eigenvalue weighted by atomic mass is 32.1. The molecule has 1 aromatic rings. The van der Waals surface area contributed by atoms with Crippen molar-refractivity contribution in [2.75, 3.05) is 13.6 Å². The van der Waals surface area contributed by atoms with Crippen molar-refractivity contribution in [1.82, 2.24) is 5.32 Å². The van der Waals surface area contributed by atoms with Crippen LogP contribution in [-0.2, 0) is 6.42 Å². The Morgan fingerprint density at radius 3 is 2.77 bits per heavy atom. The molecule has 0 fully saturated rings. The minimum Gasteiger partial charge on any atom is -0.319 e. The van der Waals surface area contributed by atoms with Crippen LogP contribution in [0.1, 0.15) is 25.1 Å². The third-order valence-corrected chi connectivity index (χ3v) is 3.22. The van der Waals surface area contributed by atoms with Crippen LogP contribution >= 0.6 is 11.3 Å². The summed E-state index contributed by atoms with van der Waals surface area (Å²) in [6.07, 6.45) is 2.47. The summed E-state index contributed by atoms with van der Waals surface area (Å²) in [4.78, 5) is 1.50. The summed E-state index contributed by atoms with van der Waals surface area (Å²) in [5.74, 6) is 0. The van der Waals surface area contributed by atoms with Crippen molar-refractivity contribution < 1.29 is 0 Å². The molecule has 0 saturated heterocycles. The minimum absolute atomic E-state index is 0.415. The Kier molecular flexibility index (Phi) is 3.94. The number of hydrogen-bond acceptors (Lipinski definition) is 2. The summed E-state index contributed by atoms with van der Waals surface area (Å²) in [5.41, 5.74) is 0.415. The lowest BCUT2D eigenvalue weighted by Crippen LogP contribution is -2.27. The van der Waals surface area contributed by atoms with Gasteiger partial charge in [0.2, 0.25) is 0 Å². The number of aryl methyl sites for hydroxylation is 1. The van der Waals surface area contributed by atoms with Crippen LogP contribution in [0.15, 0.2) is 17.5 Å². The maximum absolute atomic E-state index is 3.24. The molecular formula is C11H19NS. The molecule has 0 aromatic carbocycles. The van der Waals surface area contributed by atoms with Crippen LogP contribution in [0.4, 0.5) is 0 Å². The maximum atomic E-state index is 3.24. The lowest BCUT2D eigenvalue weighted by Gasteiger charge is -2.23. The Morgan fingerprint density at radius 1 is 1.46 bits per heavy atom. The van der Waals surface area contributed by atoms with Gasteiger partial charge in [-0.1, -0.05) is 19.9 Å². The van der Waals surface area contributed by atoms with E-state index in [1.165, 1.54) is 17.7 Å². The summed E-state index contributed by atoms with van der Waals surface area (Å²) in [5, 5.41) is 5.39. The van der Waals surface area contributed by atoms with Gasteiger partial charge in [0, 0.05) is 4.88 Å². The lowest BCUT2D eigenvalue weighted by molar-refractivity contribution is 0.325. The van der Waals surface area contributed by atoms with Crippen molar-refractivity contribution in [2.45, 2.75) is 26.7 Å². The van der Waals surface area contributed by atoms with Gasteiger partial charge in [-0.05, 0) is 43.3 Å². The SMILES string of the molecule is CNCC(C)(C)CCc1cccs1. The zero-order valence-corrected chi connectivity index (χ0v) is 9.58. The Bertz CT molecular complexity index is 226. The van der Waals surface area contributed by atoms with Crippen molar-refractivity contribution in [3.05, 3.63) is 22.4 Å². The third kappa shape index (κ3) is 3.92. The smallest absolute Gasteiger partial charge is 0.00454 e. The standard InChI is InChI=1S/C11H19NS/c1-11(2,9-12-3)7-6-10-5-4-8-13-10/h4-5,8,12H,6-7,9H2,1-3H3. The van der Waals surface area contributed by atoms with Gasteiger partial charge in [0.25, 0.3) is 0 Å². The zero-order valence-electron chi connectivity index (χ0n) is 8.76. The van der Waals surface area contributed by atoms with Crippen LogP contribution in [0.2, 0.25) is 0 Å². The molecule has 0 aliphatic carbocycles. The molecule has 1 nitrogen and oxygen atoms in total. The molecule has 74 valence electrons. The van der Waals surface area contributed by atoms with E-state index < -0.39 is 0 Å². The molecule has 1 aromatic heterocycles. The van der Waals surface area contributed by atoms with Gasteiger partial charge in [-0.2, -0.15) is 0 Å². The van der Waals surface area contributed by atoms with Gasteiger partial charge in [0.05, 0.1) is 0 Å². The quantitative estimate of drug-likeness (QED) is 0.765. The van der Waals surface area contributed by atoms with Crippen LogP contribution in [0.25, 0.3) is 0 Å². The molecule has 13 heavy (non-hydrogen) atoms. The van der Waals surface area contributed by atoms with E-state index in [0.29, 0.717) is 5.41 Å². The number of nitrogens with one attached hydrogen (secondary N) is 1. The van der Waals surface area contributed by atoms with Crippen molar-refractivity contribution in [3.8, 4) is 0 Å². The van der Waals surface area contributed by atoms with Gasteiger partial charge in [-0.25, -0.2) is 0 Å². The first kappa shape index (κ1) is 10.7. The normalized spacial score (nSPS) is 11.9. The summed E-state index contributed by atoms with van der Waals surface area (Å²) in [6.45, 7) is 5.73.